The van der Waals surface area contributed by atoms with Gasteiger partial charge in [0.25, 0.3) is 5.91 Å². The third kappa shape index (κ3) is 3.61. The smallest absolute Gasteiger partial charge is 0.261 e. The maximum absolute atomic E-state index is 12.6. The number of thiophene rings is 1. The molecule has 136 valence electrons. The molecule has 1 amide bonds. The van der Waals surface area contributed by atoms with E-state index in [1.54, 1.807) is 0 Å². The zero-order valence-corrected chi connectivity index (χ0v) is 16.3. The number of aromatic nitrogens is 2. The fourth-order valence-electron chi connectivity index (χ4n) is 3.00. The molecule has 4 rings (SSSR count). The Kier molecular flexibility index (Phi) is 4.97. The van der Waals surface area contributed by atoms with Crippen molar-refractivity contribution in [2.24, 2.45) is 0 Å². The molecule has 2 aromatic carbocycles. The van der Waals surface area contributed by atoms with Crippen LogP contribution in [0.3, 0.4) is 0 Å². The lowest BCUT2D eigenvalue weighted by atomic mass is 10.1. The molecule has 2 heterocycles. The van der Waals surface area contributed by atoms with E-state index >= 15 is 0 Å². The van der Waals surface area contributed by atoms with E-state index in [9.17, 15) is 4.79 Å². The first-order valence-electron chi connectivity index (χ1n) is 8.69. The highest BCUT2D eigenvalue weighted by Crippen LogP contribution is 2.32. The van der Waals surface area contributed by atoms with E-state index < -0.39 is 0 Å². The molecule has 0 spiro atoms. The summed E-state index contributed by atoms with van der Waals surface area (Å²) in [5, 5.41) is 9.21. The fourth-order valence-corrected chi connectivity index (χ4v) is 4.31. The summed E-state index contributed by atoms with van der Waals surface area (Å²) in [5.41, 5.74) is 2.90. The molecule has 6 heteroatoms. The summed E-state index contributed by atoms with van der Waals surface area (Å²) in [7, 11) is 0. The van der Waals surface area contributed by atoms with Gasteiger partial charge in [0.2, 0.25) is 0 Å². The molecule has 0 aliphatic heterocycles. The molecule has 0 atom stereocenters. The van der Waals surface area contributed by atoms with Crippen molar-refractivity contribution < 1.29 is 4.79 Å². The number of amides is 1. The third-order valence-corrected chi connectivity index (χ3v) is 5.82. The molecule has 2 aromatic heterocycles. The van der Waals surface area contributed by atoms with Crippen LogP contribution in [-0.2, 0) is 6.42 Å². The van der Waals surface area contributed by atoms with Gasteiger partial charge in [0.15, 0.2) is 0 Å². The molecule has 0 aliphatic carbocycles. The van der Waals surface area contributed by atoms with Crippen LogP contribution in [0.5, 0.6) is 0 Å². The summed E-state index contributed by atoms with van der Waals surface area (Å²) in [6, 6.07) is 19.6. The summed E-state index contributed by atoms with van der Waals surface area (Å²) < 4.78 is 1.82. The van der Waals surface area contributed by atoms with Crippen molar-refractivity contribution in [2.75, 3.05) is 6.54 Å². The van der Waals surface area contributed by atoms with E-state index in [0.717, 1.165) is 28.0 Å². The zero-order chi connectivity index (χ0) is 18.8. The van der Waals surface area contributed by atoms with E-state index in [2.05, 4.69) is 22.5 Å². The first-order chi connectivity index (χ1) is 13.1. The van der Waals surface area contributed by atoms with Crippen LogP contribution in [0.25, 0.3) is 15.9 Å². The van der Waals surface area contributed by atoms with Crippen LogP contribution in [-0.4, -0.2) is 22.2 Å². The summed E-state index contributed by atoms with van der Waals surface area (Å²) in [5.74, 6) is -0.0581. The minimum atomic E-state index is -0.0581. The van der Waals surface area contributed by atoms with Crippen molar-refractivity contribution in [3.8, 4) is 5.69 Å². The van der Waals surface area contributed by atoms with E-state index in [1.165, 1.54) is 16.9 Å². The van der Waals surface area contributed by atoms with Crippen LogP contribution in [0.2, 0.25) is 5.02 Å². The first kappa shape index (κ1) is 17.8. The maximum Gasteiger partial charge on any atom is 0.261 e. The normalized spacial score (nSPS) is 11.0. The second kappa shape index (κ2) is 7.55. The molecule has 4 aromatic rings. The van der Waals surface area contributed by atoms with Crippen LogP contribution in [0.4, 0.5) is 0 Å². The van der Waals surface area contributed by atoms with Crippen LogP contribution in [0, 0.1) is 6.92 Å². The minimum absolute atomic E-state index is 0.0581. The summed E-state index contributed by atoms with van der Waals surface area (Å²) in [4.78, 5) is 14.2. The molecule has 0 fully saturated rings. The average molecular weight is 396 g/mol. The number of hydrogen-bond donors (Lipinski definition) is 1. The first-order valence-corrected chi connectivity index (χ1v) is 9.89. The lowest BCUT2D eigenvalue weighted by Gasteiger charge is -2.05. The number of benzene rings is 2. The Balaban J connectivity index is 1.56. The van der Waals surface area contributed by atoms with Crippen molar-refractivity contribution in [3.63, 3.8) is 0 Å². The van der Waals surface area contributed by atoms with Gasteiger partial charge in [-0.2, -0.15) is 5.10 Å². The number of carbonyl (C=O) groups is 1. The fraction of sp³-hybridized carbons (Fsp3) is 0.143. The number of halogens is 1. The van der Waals surface area contributed by atoms with Crippen LogP contribution >= 0.6 is 22.9 Å². The second-order valence-electron chi connectivity index (χ2n) is 6.27. The Hall–Kier alpha value is -2.63. The monoisotopic (exact) mass is 395 g/mol. The van der Waals surface area contributed by atoms with Crippen molar-refractivity contribution in [1.29, 1.82) is 0 Å². The number of rotatable bonds is 5. The van der Waals surface area contributed by atoms with Crippen molar-refractivity contribution in [1.82, 2.24) is 15.1 Å². The van der Waals surface area contributed by atoms with E-state index in [4.69, 9.17) is 11.6 Å². The Morgan fingerprint density at radius 3 is 2.67 bits per heavy atom. The van der Waals surface area contributed by atoms with Gasteiger partial charge >= 0.3 is 0 Å². The maximum atomic E-state index is 12.6. The number of aryl methyl sites for hydroxylation is 1. The van der Waals surface area contributed by atoms with E-state index in [1.807, 2.05) is 60.1 Å². The molecule has 27 heavy (non-hydrogen) atoms. The summed E-state index contributed by atoms with van der Waals surface area (Å²) in [6.45, 7) is 2.55. The lowest BCUT2D eigenvalue weighted by molar-refractivity contribution is 0.0958. The number of para-hydroxylation sites is 1. The lowest BCUT2D eigenvalue weighted by Crippen LogP contribution is -2.24. The molecular formula is C21H18ClN3OS. The van der Waals surface area contributed by atoms with Gasteiger partial charge in [0.05, 0.1) is 21.3 Å². The van der Waals surface area contributed by atoms with Gasteiger partial charge in [-0.3, -0.25) is 4.79 Å². The quantitative estimate of drug-likeness (QED) is 0.515. The van der Waals surface area contributed by atoms with Gasteiger partial charge in [0, 0.05) is 11.9 Å². The summed E-state index contributed by atoms with van der Waals surface area (Å²) >= 11 is 7.76. The molecule has 0 unspecified atom stereocenters. The molecule has 0 saturated heterocycles. The Morgan fingerprint density at radius 2 is 1.89 bits per heavy atom. The molecule has 0 radical (unpaired) electrons. The predicted molar refractivity (Wildman–Crippen MR) is 111 cm³/mol. The zero-order valence-electron chi connectivity index (χ0n) is 14.8. The molecule has 4 nitrogen and oxygen atoms in total. The van der Waals surface area contributed by atoms with Crippen LogP contribution in [0.15, 0.2) is 60.7 Å². The van der Waals surface area contributed by atoms with Gasteiger partial charge in [-0.05, 0) is 37.1 Å². The molecular weight excluding hydrogens is 378 g/mol. The molecule has 0 aliphatic rings. The van der Waals surface area contributed by atoms with Crippen LogP contribution in [0.1, 0.15) is 20.9 Å². The van der Waals surface area contributed by atoms with Gasteiger partial charge in [-0.25, -0.2) is 4.68 Å². The van der Waals surface area contributed by atoms with E-state index in [-0.39, 0.29) is 5.91 Å². The number of carbonyl (C=O) groups excluding carboxylic acids is 1. The number of nitrogens with one attached hydrogen (secondary N) is 1. The van der Waals surface area contributed by atoms with Crippen molar-refractivity contribution in [2.45, 2.75) is 13.3 Å². The number of nitrogens with zero attached hydrogens (tertiary/aromatic N) is 2. The van der Waals surface area contributed by atoms with Crippen molar-refractivity contribution in [3.05, 3.63) is 81.8 Å². The Bertz CT molecular complexity index is 1100. The number of hydrogen-bond acceptors (Lipinski definition) is 3. The Labute approximate surface area is 166 Å². The van der Waals surface area contributed by atoms with Crippen molar-refractivity contribution >= 4 is 39.1 Å². The highest BCUT2D eigenvalue weighted by molar-refractivity contribution is 7.20. The van der Waals surface area contributed by atoms with Gasteiger partial charge in [0.1, 0.15) is 4.83 Å². The van der Waals surface area contributed by atoms with Gasteiger partial charge in [-0.1, -0.05) is 54.1 Å². The SMILES string of the molecule is Cc1nn(-c2ccccc2Cl)c2sc(C(=O)NCCc3ccccc3)cc12. The van der Waals surface area contributed by atoms with Gasteiger partial charge in [-0.15, -0.1) is 11.3 Å². The molecule has 0 saturated carbocycles. The summed E-state index contributed by atoms with van der Waals surface area (Å²) in [6.07, 6.45) is 0.809. The standard InChI is InChI=1S/C21H18ClN3OS/c1-14-16-13-19(20(26)23-12-11-15-7-3-2-4-8-15)27-21(16)25(24-14)18-10-6-5-9-17(18)22/h2-10,13H,11-12H2,1H3,(H,23,26). The minimum Gasteiger partial charge on any atom is -0.351 e. The largest absolute Gasteiger partial charge is 0.351 e. The van der Waals surface area contributed by atoms with Crippen LogP contribution < -0.4 is 5.32 Å². The topological polar surface area (TPSA) is 46.9 Å². The second-order valence-corrected chi connectivity index (χ2v) is 7.71. The highest BCUT2D eigenvalue weighted by atomic mass is 35.5. The predicted octanol–water partition coefficient (Wildman–Crippen LogP) is 5.02. The van der Waals surface area contributed by atoms with Gasteiger partial charge < -0.3 is 5.32 Å². The molecule has 0 bridgehead atoms. The third-order valence-electron chi connectivity index (χ3n) is 4.39. The Morgan fingerprint density at radius 1 is 1.15 bits per heavy atom. The highest BCUT2D eigenvalue weighted by Gasteiger charge is 2.18. The van der Waals surface area contributed by atoms with E-state index in [0.29, 0.717) is 16.4 Å². The number of fused-ring (bicyclic) bond motifs is 1. The average Bonchev–Trinajstić information content (AvgIpc) is 3.24. The molecule has 1 N–H and O–H groups in total.